The molecule has 1 saturated heterocycles. The van der Waals surface area contributed by atoms with Crippen molar-refractivity contribution in [3.05, 3.63) is 47.8 Å². The SMILES string of the molecule is CCN1CCN(c2nccc(C(=O)Nc3ccccc3C(C)C)n2)CC1. The molecule has 26 heavy (non-hydrogen) atoms. The molecular weight excluding hydrogens is 326 g/mol. The van der Waals surface area contributed by atoms with Gasteiger partial charge in [0.15, 0.2) is 0 Å². The Morgan fingerprint density at radius 1 is 1.15 bits per heavy atom. The first-order valence-electron chi connectivity index (χ1n) is 9.29. The zero-order valence-corrected chi connectivity index (χ0v) is 15.8. The van der Waals surface area contributed by atoms with Crippen LogP contribution in [-0.4, -0.2) is 53.5 Å². The van der Waals surface area contributed by atoms with Crippen molar-refractivity contribution in [2.75, 3.05) is 42.9 Å². The Labute approximate surface area is 155 Å². The van der Waals surface area contributed by atoms with E-state index in [4.69, 9.17) is 0 Å². The molecular formula is C20H27N5O. The average Bonchev–Trinajstić information content (AvgIpc) is 2.68. The number of amides is 1. The average molecular weight is 353 g/mol. The number of nitrogens with zero attached hydrogens (tertiary/aromatic N) is 4. The van der Waals surface area contributed by atoms with Crippen molar-refractivity contribution in [2.24, 2.45) is 0 Å². The second-order valence-electron chi connectivity index (χ2n) is 6.86. The summed E-state index contributed by atoms with van der Waals surface area (Å²) in [4.78, 5) is 26.1. The zero-order chi connectivity index (χ0) is 18.5. The van der Waals surface area contributed by atoms with E-state index in [9.17, 15) is 4.79 Å². The minimum atomic E-state index is -0.200. The summed E-state index contributed by atoms with van der Waals surface area (Å²) in [6.07, 6.45) is 1.66. The number of carbonyl (C=O) groups excluding carboxylic acids is 1. The molecule has 0 radical (unpaired) electrons. The van der Waals surface area contributed by atoms with Crippen molar-refractivity contribution < 1.29 is 4.79 Å². The third-order valence-electron chi connectivity index (χ3n) is 4.81. The van der Waals surface area contributed by atoms with Crippen LogP contribution < -0.4 is 10.2 Å². The third-order valence-corrected chi connectivity index (χ3v) is 4.81. The van der Waals surface area contributed by atoms with E-state index in [1.807, 2.05) is 24.3 Å². The number of hydrogen-bond acceptors (Lipinski definition) is 5. The Morgan fingerprint density at radius 2 is 1.88 bits per heavy atom. The number of rotatable bonds is 5. The smallest absolute Gasteiger partial charge is 0.274 e. The summed E-state index contributed by atoms with van der Waals surface area (Å²) in [5.41, 5.74) is 2.35. The predicted molar refractivity (Wildman–Crippen MR) is 105 cm³/mol. The molecule has 1 N–H and O–H groups in total. The monoisotopic (exact) mass is 353 g/mol. The van der Waals surface area contributed by atoms with Gasteiger partial charge in [-0.05, 0) is 30.2 Å². The van der Waals surface area contributed by atoms with Crippen LogP contribution in [0.4, 0.5) is 11.6 Å². The lowest BCUT2D eigenvalue weighted by atomic mass is 10.0. The Bertz CT molecular complexity index is 753. The van der Waals surface area contributed by atoms with E-state index in [1.165, 1.54) is 0 Å². The molecule has 0 atom stereocenters. The molecule has 0 saturated carbocycles. The van der Waals surface area contributed by atoms with Crippen molar-refractivity contribution in [3.8, 4) is 0 Å². The van der Waals surface area contributed by atoms with Crippen LogP contribution in [0.3, 0.4) is 0 Å². The van der Waals surface area contributed by atoms with Crippen LogP contribution in [0.15, 0.2) is 36.5 Å². The summed E-state index contributed by atoms with van der Waals surface area (Å²) >= 11 is 0. The van der Waals surface area contributed by atoms with Gasteiger partial charge in [0.25, 0.3) is 5.91 Å². The van der Waals surface area contributed by atoms with Crippen LogP contribution >= 0.6 is 0 Å². The molecule has 1 aromatic heterocycles. The van der Waals surface area contributed by atoms with Gasteiger partial charge in [0.2, 0.25) is 5.95 Å². The molecule has 1 aliphatic rings. The van der Waals surface area contributed by atoms with Gasteiger partial charge in [-0.15, -0.1) is 0 Å². The molecule has 0 bridgehead atoms. The summed E-state index contributed by atoms with van der Waals surface area (Å²) in [7, 11) is 0. The molecule has 0 aliphatic carbocycles. The summed E-state index contributed by atoms with van der Waals surface area (Å²) in [6, 6.07) is 9.56. The van der Waals surface area contributed by atoms with Gasteiger partial charge in [-0.1, -0.05) is 39.0 Å². The van der Waals surface area contributed by atoms with Gasteiger partial charge in [0, 0.05) is 38.1 Å². The zero-order valence-electron chi connectivity index (χ0n) is 15.8. The number of carbonyl (C=O) groups is 1. The molecule has 1 fully saturated rings. The standard InChI is InChI=1S/C20H27N5O/c1-4-24-11-13-25(14-12-24)20-21-10-9-18(23-20)19(26)22-17-8-6-5-7-16(17)15(2)3/h5-10,15H,4,11-14H2,1-3H3,(H,22,26). The van der Waals surface area contributed by atoms with Gasteiger partial charge in [-0.25, -0.2) is 9.97 Å². The fraction of sp³-hybridized carbons (Fsp3) is 0.450. The maximum Gasteiger partial charge on any atom is 0.274 e. The van der Waals surface area contributed by atoms with E-state index in [1.54, 1.807) is 12.3 Å². The van der Waals surface area contributed by atoms with Gasteiger partial charge in [-0.3, -0.25) is 4.79 Å². The largest absolute Gasteiger partial charge is 0.338 e. The van der Waals surface area contributed by atoms with E-state index in [0.29, 0.717) is 17.6 Å². The second-order valence-corrected chi connectivity index (χ2v) is 6.86. The van der Waals surface area contributed by atoms with Crippen LogP contribution in [0.25, 0.3) is 0 Å². The van der Waals surface area contributed by atoms with Gasteiger partial charge in [0.05, 0.1) is 0 Å². The number of likely N-dealkylation sites (N-methyl/N-ethyl adjacent to an activating group) is 1. The molecule has 138 valence electrons. The molecule has 2 heterocycles. The normalized spacial score (nSPS) is 15.3. The lowest BCUT2D eigenvalue weighted by molar-refractivity contribution is 0.102. The summed E-state index contributed by atoms with van der Waals surface area (Å²) in [6.45, 7) is 11.2. The van der Waals surface area contributed by atoms with Crippen molar-refractivity contribution in [1.29, 1.82) is 0 Å². The lowest BCUT2D eigenvalue weighted by Gasteiger charge is -2.34. The number of hydrogen-bond donors (Lipinski definition) is 1. The number of para-hydroxylation sites is 1. The fourth-order valence-electron chi connectivity index (χ4n) is 3.19. The first kappa shape index (κ1) is 18.3. The Morgan fingerprint density at radius 3 is 2.58 bits per heavy atom. The maximum atomic E-state index is 12.7. The maximum absolute atomic E-state index is 12.7. The van der Waals surface area contributed by atoms with Crippen LogP contribution in [0.1, 0.15) is 42.7 Å². The molecule has 2 aromatic rings. The number of nitrogens with one attached hydrogen (secondary N) is 1. The van der Waals surface area contributed by atoms with Crippen LogP contribution in [0.5, 0.6) is 0 Å². The van der Waals surface area contributed by atoms with E-state index < -0.39 is 0 Å². The van der Waals surface area contributed by atoms with E-state index in [2.05, 4.69) is 45.9 Å². The molecule has 1 aromatic carbocycles. The number of piperazine rings is 1. The first-order valence-corrected chi connectivity index (χ1v) is 9.29. The summed E-state index contributed by atoms with van der Waals surface area (Å²) in [5.74, 6) is 0.766. The lowest BCUT2D eigenvalue weighted by Crippen LogP contribution is -2.46. The van der Waals surface area contributed by atoms with E-state index in [-0.39, 0.29) is 5.91 Å². The van der Waals surface area contributed by atoms with Gasteiger partial charge < -0.3 is 15.1 Å². The van der Waals surface area contributed by atoms with E-state index >= 15 is 0 Å². The van der Waals surface area contributed by atoms with Crippen LogP contribution in [0, 0.1) is 0 Å². The predicted octanol–water partition coefficient (Wildman–Crippen LogP) is 2.99. The minimum Gasteiger partial charge on any atom is -0.338 e. The van der Waals surface area contributed by atoms with Crippen molar-refractivity contribution in [2.45, 2.75) is 26.7 Å². The molecule has 1 amide bonds. The highest BCUT2D eigenvalue weighted by Crippen LogP contribution is 2.24. The first-order chi connectivity index (χ1) is 12.6. The number of anilines is 2. The van der Waals surface area contributed by atoms with Gasteiger partial charge >= 0.3 is 0 Å². The molecule has 6 heteroatoms. The topological polar surface area (TPSA) is 61.4 Å². The van der Waals surface area contributed by atoms with Gasteiger partial charge in [0.1, 0.15) is 5.69 Å². The molecule has 0 unspecified atom stereocenters. The molecule has 3 rings (SSSR count). The molecule has 6 nitrogen and oxygen atoms in total. The Kier molecular flexibility index (Phi) is 5.83. The minimum absolute atomic E-state index is 0.200. The highest BCUT2D eigenvalue weighted by Gasteiger charge is 2.19. The van der Waals surface area contributed by atoms with Crippen molar-refractivity contribution >= 4 is 17.5 Å². The second kappa shape index (κ2) is 8.27. The molecule has 1 aliphatic heterocycles. The quantitative estimate of drug-likeness (QED) is 0.895. The van der Waals surface area contributed by atoms with Crippen LogP contribution in [0.2, 0.25) is 0 Å². The number of aromatic nitrogens is 2. The third kappa shape index (κ3) is 4.19. The Hall–Kier alpha value is -2.47. The summed E-state index contributed by atoms with van der Waals surface area (Å²) in [5, 5.41) is 3.00. The van der Waals surface area contributed by atoms with Gasteiger partial charge in [-0.2, -0.15) is 0 Å². The van der Waals surface area contributed by atoms with Crippen molar-refractivity contribution in [1.82, 2.24) is 14.9 Å². The van der Waals surface area contributed by atoms with Crippen molar-refractivity contribution in [3.63, 3.8) is 0 Å². The highest BCUT2D eigenvalue weighted by molar-refractivity contribution is 6.03. The van der Waals surface area contributed by atoms with Crippen LogP contribution in [-0.2, 0) is 0 Å². The number of benzene rings is 1. The fourth-order valence-corrected chi connectivity index (χ4v) is 3.19. The van der Waals surface area contributed by atoms with E-state index in [0.717, 1.165) is 44.0 Å². The molecule has 0 spiro atoms. The summed E-state index contributed by atoms with van der Waals surface area (Å²) < 4.78 is 0. The highest BCUT2D eigenvalue weighted by atomic mass is 16.1. The Balaban J connectivity index is 1.73.